The normalized spacial score (nSPS) is 16.3. The number of rotatable bonds is 4. The van der Waals surface area contributed by atoms with Crippen LogP contribution in [0.2, 0.25) is 0 Å². The molecular weight excluding hydrogens is 270 g/mol. The molecule has 21 heavy (non-hydrogen) atoms. The lowest BCUT2D eigenvalue weighted by atomic mass is 10.2. The van der Waals surface area contributed by atoms with Crippen LogP contribution in [-0.2, 0) is 6.42 Å². The fourth-order valence-electron chi connectivity index (χ4n) is 2.46. The summed E-state index contributed by atoms with van der Waals surface area (Å²) in [6.07, 6.45) is 1.94. The molecule has 0 amide bonds. The van der Waals surface area contributed by atoms with Crippen molar-refractivity contribution in [3.8, 4) is 0 Å². The fourth-order valence-corrected chi connectivity index (χ4v) is 2.46. The number of likely N-dealkylation sites (N-methyl/N-ethyl adjacent to an activating group) is 1. The van der Waals surface area contributed by atoms with Crippen LogP contribution in [0.1, 0.15) is 18.4 Å². The van der Waals surface area contributed by atoms with Gasteiger partial charge in [-0.1, -0.05) is 6.92 Å². The minimum absolute atomic E-state index is 0.200. The molecule has 1 aliphatic heterocycles. The summed E-state index contributed by atoms with van der Waals surface area (Å²) in [5, 5.41) is 8.21. The fraction of sp³-hybridized carbons (Fsp3) is 0.500. The maximum Gasteiger partial charge on any atom is 0.274 e. The Bertz CT molecular complexity index is 629. The zero-order valence-corrected chi connectivity index (χ0v) is 12.1. The number of furan rings is 1. The number of nitrogens with zero attached hydrogens (tertiary/aromatic N) is 4. The topological polar surface area (TPSA) is 78.3 Å². The first-order chi connectivity index (χ1) is 10.3. The summed E-state index contributed by atoms with van der Waals surface area (Å²) in [7, 11) is 0. The molecule has 1 fully saturated rings. The largest absolute Gasteiger partial charge is 0.469 e. The molecule has 0 radical (unpaired) electrons. The molecule has 7 heteroatoms. The Balaban J connectivity index is 1.71. The zero-order chi connectivity index (χ0) is 14.7. The van der Waals surface area contributed by atoms with Crippen LogP contribution < -0.4 is 10.5 Å². The van der Waals surface area contributed by atoms with Gasteiger partial charge in [0.25, 0.3) is 5.56 Å². The molecule has 0 atom stereocenters. The van der Waals surface area contributed by atoms with Crippen LogP contribution in [-0.4, -0.2) is 52.8 Å². The van der Waals surface area contributed by atoms with Crippen molar-refractivity contribution in [2.75, 3.05) is 37.6 Å². The maximum absolute atomic E-state index is 12.1. The molecule has 0 saturated carbocycles. The monoisotopic (exact) mass is 289 g/mol. The Kier molecular flexibility index (Phi) is 4.01. The molecule has 2 aromatic rings. The minimum atomic E-state index is -0.200. The number of anilines is 1. The standard InChI is InChI=1S/C14H19N5O2/c1-2-18-5-7-19(8-6-18)14-15-13(20)12(16-17-14)10-11-4-3-9-21-11/h3-4,9H,2,5-8,10H2,1H3,(H,15,17,20). The third-order valence-electron chi connectivity index (χ3n) is 3.79. The SMILES string of the molecule is CCN1CCN(c2nnc(Cc3ccco3)c(=O)[nH]2)CC1. The molecule has 1 N–H and O–H groups in total. The van der Waals surface area contributed by atoms with Gasteiger partial charge in [-0.15, -0.1) is 10.2 Å². The zero-order valence-electron chi connectivity index (χ0n) is 12.1. The first kappa shape index (κ1) is 13.8. The van der Waals surface area contributed by atoms with E-state index in [9.17, 15) is 4.79 Å². The van der Waals surface area contributed by atoms with Gasteiger partial charge >= 0.3 is 0 Å². The third kappa shape index (κ3) is 3.13. The second-order valence-electron chi connectivity index (χ2n) is 5.10. The van der Waals surface area contributed by atoms with E-state index < -0.39 is 0 Å². The molecule has 0 aliphatic carbocycles. The van der Waals surface area contributed by atoms with Gasteiger partial charge in [-0.2, -0.15) is 0 Å². The van der Waals surface area contributed by atoms with E-state index >= 15 is 0 Å². The lowest BCUT2D eigenvalue weighted by Crippen LogP contribution is -2.47. The summed E-state index contributed by atoms with van der Waals surface area (Å²) in [6, 6.07) is 3.61. The second kappa shape index (κ2) is 6.09. The highest BCUT2D eigenvalue weighted by atomic mass is 16.3. The van der Waals surface area contributed by atoms with Gasteiger partial charge in [0.1, 0.15) is 11.5 Å². The highest BCUT2D eigenvalue weighted by Gasteiger charge is 2.18. The van der Waals surface area contributed by atoms with E-state index in [2.05, 4.69) is 31.9 Å². The van der Waals surface area contributed by atoms with Crippen LogP contribution in [0.25, 0.3) is 0 Å². The molecule has 0 spiro atoms. The van der Waals surface area contributed by atoms with E-state index in [4.69, 9.17) is 4.42 Å². The van der Waals surface area contributed by atoms with Crippen LogP contribution in [0, 0.1) is 0 Å². The molecule has 112 valence electrons. The van der Waals surface area contributed by atoms with Gasteiger partial charge in [0, 0.05) is 26.2 Å². The summed E-state index contributed by atoms with van der Waals surface area (Å²) < 4.78 is 5.23. The molecule has 0 unspecified atom stereocenters. The van der Waals surface area contributed by atoms with Gasteiger partial charge in [-0.25, -0.2) is 0 Å². The molecular formula is C14H19N5O2. The second-order valence-corrected chi connectivity index (χ2v) is 5.10. The van der Waals surface area contributed by atoms with Crippen molar-refractivity contribution in [1.29, 1.82) is 0 Å². The van der Waals surface area contributed by atoms with Crippen molar-refractivity contribution >= 4 is 5.95 Å². The van der Waals surface area contributed by atoms with E-state index in [-0.39, 0.29) is 5.56 Å². The van der Waals surface area contributed by atoms with Crippen LogP contribution in [0.4, 0.5) is 5.95 Å². The van der Waals surface area contributed by atoms with E-state index in [0.29, 0.717) is 23.8 Å². The van der Waals surface area contributed by atoms with E-state index in [1.807, 2.05) is 6.07 Å². The van der Waals surface area contributed by atoms with Crippen molar-refractivity contribution in [2.24, 2.45) is 0 Å². The van der Waals surface area contributed by atoms with Crippen molar-refractivity contribution < 1.29 is 4.42 Å². The number of nitrogens with one attached hydrogen (secondary N) is 1. The number of aromatic nitrogens is 3. The number of aromatic amines is 1. The minimum Gasteiger partial charge on any atom is -0.469 e. The van der Waals surface area contributed by atoms with Gasteiger partial charge < -0.3 is 14.2 Å². The predicted molar refractivity (Wildman–Crippen MR) is 78.5 cm³/mol. The lowest BCUT2D eigenvalue weighted by molar-refractivity contribution is 0.269. The quantitative estimate of drug-likeness (QED) is 0.882. The van der Waals surface area contributed by atoms with Gasteiger partial charge in [-0.05, 0) is 18.7 Å². The molecule has 2 aromatic heterocycles. The van der Waals surface area contributed by atoms with Crippen LogP contribution in [0.5, 0.6) is 0 Å². The van der Waals surface area contributed by atoms with E-state index in [1.54, 1.807) is 12.3 Å². The van der Waals surface area contributed by atoms with Crippen LogP contribution >= 0.6 is 0 Å². The highest BCUT2D eigenvalue weighted by Crippen LogP contribution is 2.09. The van der Waals surface area contributed by atoms with Gasteiger partial charge in [0.05, 0.1) is 12.7 Å². The maximum atomic E-state index is 12.1. The number of hydrogen-bond donors (Lipinski definition) is 1. The number of H-pyrrole nitrogens is 1. The van der Waals surface area contributed by atoms with Crippen molar-refractivity contribution in [2.45, 2.75) is 13.3 Å². The summed E-state index contributed by atoms with van der Waals surface area (Å²) in [5.41, 5.74) is 0.176. The molecule has 1 saturated heterocycles. The molecule has 7 nitrogen and oxygen atoms in total. The Hall–Kier alpha value is -2.15. The van der Waals surface area contributed by atoms with Gasteiger partial charge in [0.15, 0.2) is 0 Å². The highest BCUT2D eigenvalue weighted by molar-refractivity contribution is 5.29. The first-order valence-electron chi connectivity index (χ1n) is 7.22. The van der Waals surface area contributed by atoms with Crippen LogP contribution in [0.3, 0.4) is 0 Å². The lowest BCUT2D eigenvalue weighted by Gasteiger charge is -2.33. The molecule has 0 bridgehead atoms. The molecule has 0 aromatic carbocycles. The van der Waals surface area contributed by atoms with Gasteiger partial charge in [-0.3, -0.25) is 9.78 Å². The molecule has 1 aliphatic rings. The molecule has 3 rings (SSSR count). The van der Waals surface area contributed by atoms with E-state index in [1.165, 1.54) is 0 Å². The predicted octanol–water partition coefficient (Wildman–Crippen LogP) is 0.491. The average Bonchev–Trinajstić information content (AvgIpc) is 3.02. The van der Waals surface area contributed by atoms with E-state index in [0.717, 1.165) is 32.7 Å². The number of piperazine rings is 1. The number of hydrogen-bond acceptors (Lipinski definition) is 6. The summed E-state index contributed by atoms with van der Waals surface area (Å²) in [4.78, 5) is 19.4. The third-order valence-corrected chi connectivity index (χ3v) is 3.79. The summed E-state index contributed by atoms with van der Waals surface area (Å²) in [6.45, 7) is 6.88. The first-order valence-corrected chi connectivity index (χ1v) is 7.22. The summed E-state index contributed by atoms with van der Waals surface area (Å²) >= 11 is 0. The van der Waals surface area contributed by atoms with Crippen molar-refractivity contribution in [3.63, 3.8) is 0 Å². The van der Waals surface area contributed by atoms with Gasteiger partial charge in [0.2, 0.25) is 5.95 Å². The Labute approximate surface area is 122 Å². The smallest absolute Gasteiger partial charge is 0.274 e. The Morgan fingerprint density at radius 3 is 2.71 bits per heavy atom. The van der Waals surface area contributed by atoms with Crippen molar-refractivity contribution in [3.05, 3.63) is 40.2 Å². The average molecular weight is 289 g/mol. The van der Waals surface area contributed by atoms with Crippen molar-refractivity contribution in [1.82, 2.24) is 20.1 Å². The summed E-state index contributed by atoms with van der Waals surface area (Å²) in [5.74, 6) is 1.26. The van der Waals surface area contributed by atoms with Crippen LogP contribution in [0.15, 0.2) is 27.6 Å². The Morgan fingerprint density at radius 1 is 1.29 bits per heavy atom. The molecule has 3 heterocycles. The Morgan fingerprint density at radius 2 is 2.10 bits per heavy atom.